The minimum atomic E-state index is -0.223. The van der Waals surface area contributed by atoms with E-state index in [9.17, 15) is 4.79 Å². The molecule has 6 heteroatoms. The maximum atomic E-state index is 12.2. The van der Waals surface area contributed by atoms with Gasteiger partial charge in [0, 0.05) is 12.2 Å². The lowest BCUT2D eigenvalue weighted by molar-refractivity contribution is 0.144. The number of carbonyl (C=O) groups is 1. The van der Waals surface area contributed by atoms with Crippen molar-refractivity contribution < 1.29 is 13.9 Å². The third-order valence-electron chi connectivity index (χ3n) is 4.51. The summed E-state index contributed by atoms with van der Waals surface area (Å²) in [5.41, 5.74) is 0.728. The van der Waals surface area contributed by atoms with Gasteiger partial charge in [0.2, 0.25) is 0 Å². The summed E-state index contributed by atoms with van der Waals surface area (Å²) in [5.74, 6) is 1.65. The van der Waals surface area contributed by atoms with Gasteiger partial charge in [-0.3, -0.25) is 4.90 Å². The molecule has 3 rings (SSSR count). The molecule has 1 saturated heterocycles. The molecule has 0 aliphatic carbocycles. The van der Waals surface area contributed by atoms with E-state index in [-0.39, 0.29) is 12.1 Å². The van der Waals surface area contributed by atoms with Crippen LogP contribution in [0.5, 0.6) is 5.75 Å². The number of benzene rings is 1. The Balaban J connectivity index is 1.57. The van der Waals surface area contributed by atoms with Crippen molar-refractivity contribution in [2.45, 2.75) is 25.3 Å². The second kappa shape index (κ2) is 8.58. The van der Waals surface area contributed by atoms with Crippen LogP contribution >= 0.6 is 0 Å². The molecule has 2 heterocycles. The molecule has 1 unspecified atom stereocenters. The number of piperidine rings is 1. The van der Waals surface area contributed by atoms with Gasteiger partial charge < -0.3 is 19.8 Å². The first-order chi connectivity index (χ1) is 12.3. The first-order valence-electron chi connectivity index (χ1n) is 8.72. The summed E-state index contributed by atoms with van der Waals surface area (Å²) < 4.78 is 10.7. The SMILES string of the molecule is COc1ccc(NC(=O)NCC(c2ccco2)N2CCCCC2)cc1. The number of ether oxygens (including phenoxy) is 1. The number of hydrogen-bond donors (Lipinski definition) is 2. The number of rotatable bonds is 6. The summed E-state index contributed by atoms with van der Waals surface area (Å²) in [7, 11) is 1.62. The minimum absolute atomic E-state index is 0.0666. The Hall–Kier alpha value is -2.47. The monoisotopic (exact) mass is 343 g/mol. The highest BCUT2D eigenvalue weighted by Gasteiger charge is 2.24. The van der Waals surface area contributed by atoms with Crippen molar-refractivity contribution in [3.63, 3.8) is 0 Å². The summed E-state index contributed by atoms with van der Waals surface area (Å²) in [4.78, 5) is 14.6. The number of methoxy groups -OCH3 is 1. The first kappa shape index (κ1) is 17.4. The van der Waals surface area contributed by atoms with Crippen LogP contribution in [-0.4, -0.2) is 37.7 Å². The van der Waals surface area contributed by atoms with Crippen molar-refractivity contribution in [1.29, 1.82) is 0 Å². The Bertz CT molecular complexity index is 649. The maximum absolute atomic E-state index is 12.2. The molecule has 134 valence electrons. The highest BCUT2D eigenvalue weighted by molar-refractivity contribution is 5.89. The number of nitrogens with one attached hydrogen (secondary N) is 2. The van der Waals surface area contributed by atoms with Gasteiger partial charge in [-0.25, -0.2) is 4.79 Å². The second-order valence-corrected chi connectivity index (χ2v) is 6.19. The third-order valence-corrected chi connectivity index (χ3v) is 4.51. The molecule has 1 fully saturated rings. The largest absolute Gasteiger partial charge is 0.497 e. The molecule has 1 aromatic carbocycles. The minimum Gasteiger partial charge on any atom is -0.497 e. The zero-order chi connectivity index (χ0) is 17.5. The van der Waals surface area contributed by atoms with Crippen molar-refractivity contribution in [3.05, 3.63) is 48.4 Å². The molecule has 2 amide bonds. The maximum Gasteiger partial charge on any atom is 0.319 e. The van der Waals surface area contributed by atoms with E-state index in [1.54, 1.807) is 13.4 Å². The molecule has 25 heavy (non-hydrogen) atoms. The van der Waals surface area contributed by atoms with Gasteiger partial charge in [-0.05, 0) is 62.3 Å². The Morgan fingerprint density at radius 2 is 1.96 bits per heavy atom. The summed E-state index contributed by atoms with van der Waals surface area (Å²) >= 11 is 0. The molecule has 0 saturated carbocycles. The van der Waals surface area contributed by atoms with Gasteiger partial charge in [0.15, 0.2) is 0 Å². The number of carbonyl (C=O) groups excluding carboxylic acids is 1. The number of anilines is 1. The number of urea groups is 1. The molecule has 0 spiro atoms. The van der Waals surface area contributed by atoms with Crippen LogP contribution in [0.2, 0.25) is 0 Å². The Morgan fingerprint density at radius 1 is 1.20 bits per heavy atom. The molecule has 6 nitrogen and oxygen atoms in total. The Kier molecular flexibility index (Phi) is 5.95. The Labute approximate surface area is 148 Å². The molecule has 0 radical (unpaired) electrons. The standard InChI is InChI=1S/C19H25N3O3/c1-24-16-9-7-15(8-10-16)21-19(23)20-14-17(18-6-5-13-25-18)22-11-3-2-4-12-22/h5-10,13,17H,2-4,11-12,14H2,1H3,(H2,20,21,23). The average Bonchev–Trinajstić information content (AvgIpc) is 3.18. The van der Waals surface area contributed by atoms with Crippen molar-refractivity contribution in [2.75, 3.05) is 32.1 Å². The number of hydrogen-bond acceptors (Lipinski definition) is 4. The van der Waals surface area contributed by atoms with Crippen LogP contribution in [0.1, 0.15) is 31.1 Å². The normalized spacial score (nSPS) is 16.2. The van der Waals surface area contributed by atoms with Crippen molar-refractivity contribution >= 4 is 11.7 Å². The molecule has 1 aromatic heterocycles. The van der Waals surface area contributed by atoms with Crippen molar-refractivity contribution in [2.24, 2.45) is 0 Å². The lowest BCUT2D eigenvalue weighted by atomic mass is 10.1. The molecule has 2 N–H and O–H groups in total. The lowest BCUT2D eigenvalue weighted by Crippen LogP contribution is -2.41. The summed E-state index contributed by atoms with van der Waals surface area (Å²) in [6.45, 7) is 2.58. The Morgan fingerprint density at radius 3 is 2.60 bits per heavy atom. The molecule has 1 aliphatic rings. The van der Waals surface area contributed by atoms with Crippen LogP contribution in [-0.2, 0) is 0 Å². The van der Waals surface area contributed by atoms with Gasteiger partial charge in [0.25, 0.3) is 0 Å². The van der Waals surface area contributed by atoms with E-state index >= 15 is 0 Å². The fourth-order valence-electron chi connectivity index (χ4n) is 3.16. The van der Waals surface area contributed by atoms with Gasteiger partial charge in [-0.15, -0.1) is 0 Å². The van der Waals surface area contributed by atoms with Crippen molar-refractivity contribution in [1.82, 2.24) is 10.2 Å². The van der Waals surface area contributed by atoms with Crippen LogP contribution < -0.4 is 15.4 Å². The molecule has 1 aliphatic heterocycles. The van der Waals surface area contributed by atoms with E-state index in [0.717, 1.165) is 30.3 Å². The van der Waals surface area contributed by atoms with E-state index in [1.807, 2.05) is 36.4 Å². The van der Waals surface area contributed by atoms with Gasteiger partial charge in [0.1, 0.15) is 11.5 Å². The van der Waals surface area contributed by atoms with Crippen LogP contribution in [0.25, 0.3) is 0 Å². The summed E-state index contributed by atoms with van der Waals surface area (Å²) in [6, 6.07) is 11.0. The number of furan rings is 1. The molecule has 2 aromatic rings. The van der Waals surface area contributed by atoms with Gasteiger partial charge >= 0.3 is 6.03 Å². The zero-order valence-corrected chi connectivity index (χ0v) is 14.5. The fourth-order valence-corrected chi connectivity index (χ4v) is 3.16. The van der Waals surface area contributed by atoms with Crippen LogP contribution in [0, 0.1) is 0 Å². The fraction of sp³-hybridized carbons (Fsp3) is 0.421. The summed E-state index contributed by atoms with van der Waals surface area (Å²) in [5, 5.41) is 5.80. The van der Waals surface area contributed by atoms with Gasteiger partial charge in [-0.2, -0.15) is 0 Å². The second-order valence-electron chi connectivity index (χ2n) is 6.19. The third kappa shape index (κ3) is 4.76. The van der Waals surface area contributed by atoms with E-state index in [0.29, 0.717) is 6.54 Å². The molecule has 1 atom stereocenters. The number of nitrogens with zero attached hydrogens (tertiary/aromatic N) is 1. The van der Waals surface area contributed by atoms with Crippen LogP contribution in [0.15, 0.2) is 47.1 Å². The van der Waals surface area contributed by atoms with Gasteiger partial charge in [-0.1, -0.05) is 6.42 Å². The smallest absolute Gasteiger partial charge is 0.319 e. The topological polar surface area (TPSA) is 66.7 Å². The number of amides is 2. The highest BCUT2D eigenvalue weighted by atomic mass is 16.5. The first-order valence-corrected chi connectivity index (χ1v) is 8.72. The number of likely N-dealkylation sites (tertiary alicyclic amines) is 1. The summed E-state index contributed by atoms with van der Waals surface area (Å²) in [6.07, 6.45) is 5.33. The van der Waals surface area contributed by atoms with Crippen LogP contribution in [0.3, 0.4) is 0 Å². The average molecular weight is 343 g/mol. The molecular formula is C19H25N3O3. The predicted molar refractivity (Wildman–Crippen MR) is 96.9 cm³/mol. The van der Waals surface area contributed by atoms with E-state index in [2.05, 4.69) is 15.5 Å². The quantitative estimate of drug-likeness (QED) is 0.840. The highest BCUT2D eigenvalue weighted by Crippen LogP contribution is 2.24. The van der Waals surface area contributed by atoms with E-state index in [4.69, 9.17) is 9.15 Å². The molecule has 0 bridgehead atoms. The predicted octanol–water partition coefficient (Wildman–Crippen LogP) is 3.64. The lowest BCUT2D eigenvalue weighted by Gasteiger charge is -2.33. The van der Waals surface area contributed by atoms with E-state index < -0.39 is 0 Å². The van der Waals surface area contributed by atoms with E-state index in [1.165, 1.54) is 19.3 Å². The van der Waals surface area contributed by atoms with Gasteiger partial charge in [0.05, 0.1) is 19.4 Å². The van der Waals surface area contributed by atoms with Crippen LogP contribution in [0.4, 0.5) is 10.5 Å². The van der Waals surface area contributed by atoms with Crippen molar-refractivity contribution in [3.8, 4) is 5.75 Å². The zero-order valence-electron chi connectivity index (χ0n) is 14.5. The molecular weight excluding hydrogens is 318 g/mol.